The van der Waals surface area contributed by atoms with Gasteiger partial charge in [-0.3, -0.25) is 0 Å². The topological polar surface area (TPSA) is 144 Å². The van der Waals surface area contributed by atoms with Crippen molar-refractivity contribution in [2.24, 2.45) is 11.5 Å². The van der Waals surface area contributed by atoms with Crippen LogP contribution in [0, 0.1) is 0 Å². The van der Waals surface area contributed by atoms with Gasteiger partial charge in [0.1, 0.15) is 0 Å². The monoisotopic (exact) mass is 344 g/mol. The fourth-order valence-corrected chi connectivity index (χ4v) is 3.27. The summed E-state index contributed by atoms with van der Waals surface area (Å²) in [6, 6.07) is -0.888. The van der Waals surface area contributed by atoms with Crippen LogP contribution < -0.4 is 11.5 Å². The van der Waals surface area contributed by atoms with Crippen molar-refractivity contribution in [2.75, 3.05) is 5.75 Å². The van der Waals surface area contributed by atoms with Gasteiger partial charge in [0.15, 0.2) is 0 Å². The fraction of sp³-hybridized carbons (Fsp3) is 0.667. The molecule has 0 amide bonds. The number of carboxylic acids is 2. The van der Waals surface area contributed by atoms with Crippen LogP contribution in [0.15, 0.2) is 0 Å². The van der Waals surface area contributed by atoms with Gasteiger partial charge in [0.25, 0.3) is 0 Å². The molecule has 7 nitrogen and oxygen atoms in total. The van der Waals surface area contributed by atoms with Gasteiger partial charge in [-0.25, -0.2) is 0 Å². The molecule has 0 aliphatic rings. The average molecular weight is 343 g/mol. The molecule has 9 heteroatoms. The van der Waals surface area contributed by atoms with Crippen molar-refractivity contribution in [1.29, 1.82) is 0 Å². The Balaban J connectivity index is 4.24. The van der Waals surface area contributed by atoms with E-state index < -0.39 is 37.4 Å². The molecular weight excluding hydrogens is 327 g/mol. The SMILES string of the molecule is NC(CCC(=O)O)C(=O)C[Se]C(N)(CS)C(=O)O. The molecule has 0 aromatic heterocycles. The number of rotatable bonds is 9. The van der Waals surface area contributed by atoms with E-state index in [4.69, 9.17) is 21.7 Å². The molecule has 0 aromatic rings. The Labute approximate surface area is 116 Å². The number of hydrogen-bond acceptors (Lipinski definition) is 6. The molecule has 0 aliphatic heterocycles. The van der Waals surface area contributed by atoms with Gasteiger partial charge >= 0.3 is 116 Å². The van der Waals surface area contributed by atoms with Gasteiger partial charge in [0.2, 0.25) is 0 Å². The van der Waals surface area contributed by atoms with E-state index in [9.17, 15) is 14.4 Å². The standard InChI is InChI=1S/C9H16N2O5SSe/c10-5(1-2-7(13)14)6(12)3-18-9(11,4-17)8(15)16/h5,17H,1-4,10-11H2,(H,13,14)(H,15,16). The fourth-order valence-electron chi connectivity index (χ4n) is 0.922. The van der Waals surface area contributed by atoms with Gasteiger partial charge in [-0.2, -0.15) is 0 Å². The molecule has 0 saturated heterocycles. The molecule has 6 N–H and O–H groups in total. The Morgan fingerprint density at radius 1 is 1.33 bits per heavy atom. The molecule has 0 radical (unpaired) electrons. The van der Waals surface area contributed by atoms with Crippen LogP contribution in [0.5, 0.6) is 0 Å². The van der Waals surface area contributed by atoms with E-state index in [1.807, 2.05) is 0 Å². The second-order valence-electron chi connectivity index (χ2n) is 3.65. The molecule has 0 fully saturated rings. The zero-order valence-electron chi connectivity index (χ0n) is 9.54. The van der Waals surface area contributed by atoms with Crippen molar-refractivity contribution in [1.82, 2.24) is 0 Å². The first-order valence-corrected chi connectivity index (χ1v) is 7.70. The van der Waals surface area contributed by atoms with E-state index in [1.54, 1.807) is 0 Å². The van der Waals surface area contributed by atoms with Crippen LogP contribution in [0.4, 0.5) is 0 Å². The Hall–Kier alpha value is -0.601. The van der Waals surface area contributed by atoms with E-state index >= 15 is 0 Å². The molecule has 104 valence electrons. The summed E-state index contributed by atoms with van der Waals surface area (Å²) in [5, 5.41) is 17.3. The second-order valence-corrected chi connectivity index (χ2v) is 6.70. The average Bonchev–Trinajstić information content (AvgIpc) is 2.31. The van der Waals surface area contributed by atoms with Crippen molar-refractivity contribution >= 4 is 45.3 Å². The minimum absolute atomic E-state index is 0.0375. The van der Waals surface area contributed by atoms with Crippen molar-refractivity contribution in [3.8, 4) is 0 Å². The van der Waals surface area contributed by atoms with Crippen LogP contribution in [-0.2, 0) is 14.4 Å². The number of carbonyl (C=O) groups excluding carboxylic acids is 1. The minimum atomic E-state index is -1.50. The van der Waals surface area contributed by atoms with Crippen LogP contribution in [0.2, 0.25) is 5.32 Å². The molecule has 0 aromatic carbocycles. The molecule has 2 unspecified atom stereocenters. The van der Waals surface area contributed by atoms with E-state index in [0.717, 1.165) is 0 Å². The van der Waals surface area contributed by atoms with Gasteiger partial charge in [-0.15, -0.1) is 0 Å². The van der Waals surface area contributed by atoms with Gasteiger partial charge < -0.3 is 0 Å². The molecule has 0 saturated carbocycles. The number of Topliss-reactive ketones (excluding diaryl/α,β-unsaturated/α-hetero) is 1. The van der Waals surface area contributed by atoms with Crippen molar-refractivity contribution in [3.63, 3.8) is 0 Å². The normalized spacial score (nSPS) is 15.7. The summed E-state index contributed by atoms with van der Waals surface area (Å²) < 4.78 is -1.50. The number of carboxylic acid groups (broad SMARTS) is 2. The van der Waals surface area contributed by atoms with E-state index in [1.165, 1.54) is 0 Å². The zero-order chi connectivity index (χ0) is 14.3. The van der Waals surface area contributed by atoms with Gasteiger partial charge in [-0.1, -0.05) is 0 Å². The number of carbonyl (C=O) groups is 3. The molecule has 0 heterocycles. The first-order chi connectivity index (χ1) is 8.23. The predicted molar refractivity (Wildman–Crippen MR) is 68.8 cm³/mol. The maximum atomic E-state index is 11.6. The van der Waals surface area contributed by atoms with Gasteiger partial charge in [0, 0.05) is 0 Å². The number of hydrogen-bond donors (Lipinski definition) is 5. The van der Waals surface area contributed by atoms with Crippen molar-refractivity contribution in [3.05, 3.63) is 0 Å². The summed E-state index contributed by atoms with van der Waals surface area (Å²) in [7, 11) is 0. The third-order valence-electron chi connectivity index (χ3n) is 2.15. The van der Waals surface area contributed by atoms with E-state index in [0.29, 0.717) is 0 Å². The zero-order valence-corrected chi connectivity index (χ0v) is 12.1. The Kier molecular flexibility index (Phi) is 7.49. The number of aliphatic carboxylic acids is 2. The van der Waals surface area contributed by atoms with Crippen molar-refractivity contribution in [2.45, 2.75) is 28.6 Å². The Morgan fingerprint density at radius 2 is 1.89 bits per heavy atom. The second kappa shape index (κ2) is 7.75. The quantitative estimate of drug-likeness (QED) is 0.254. The Morgan fingerprint density at radius 3 is 2.28 bits per heavy atom. The third kappa shape index (κ3) is 5.83. The summed E-state index contributed by atoms with van der Waals surface area (Å²) in [6.07, 6.45) is -0.158. The summed E-state index contributed by atoms with van der Waals surface area (Å²) in [4.78, 5) is 32.7. The van der Waals surface area contributed by atoms with E-state index in [-0.39, 0.29) is 29.7 Å². The number of nitrogens with two attached hydrogens (primary N) is 2. The third-order valence-corrected chi connectivity index (χ3v) is 5.78. The summed E-state index contributed by atoms with van der Waals surface area (Å²) in [5.41, 5.74) is 11.1. The van der Waals surface area contributed by atoms with E-state index in [2.05, 4.69) is 12.6 Å². The Bertz CT molecular complexity index is 341. The predicted octanol–water partition coefficient (Wildman–Crippen LogP) is -1.46. The molecule has 0 aliphatic carbocycles. The molecule has 2 atom stereocenters. The number of thiol groups is 1. The van der Waals surface area contributed by atoms with Gasteiger partial charge in [0.05, 0.1) is 0 Å². The summed E-state index contributed by atoms with van der Waals surface area (Å²) >= 11 is 3.17. The van der Waals surface area contributed by atoms with Crippen LogP contribution in [0.3, 0.4) is 0 Å². The van der Waals surface area contributed by atoms with Crippen LogP contribution in [0.25, 0.3) is 0 Å². The van der Waals surface area contributed by atoms with Gasteiger partial charge in [-0.05, 0) is 0 Å². The molecule has 0 bridgehead atoms. The molecule has 18 heavy (non-hydrogen) atoms. The first kappa shape index (κ1) is 17.4. The van der Waals surface area contributed by atoms with Crippen LogP contribution in [-0.4, -0.2) is 59.1 Å². The van der Waals surface area contributed by atoms with Crippen LogP contribution >= 0.6 is 12.6 Å². The summed E-state index contributed by atoms with van der Waals surface area (Å²) in [5.74, 6) is -2.67. The van der Waals surface area contributed by atoms with Crippen molar-refractivity contribution < 1.29 is 24.6 Å². The molecule has 0 rings (SSSR count). The molecular formula is C9H16N2O5SSe. The number of ketones is 1. The maximum absolute atomic E-state index is 11.6. The van der Waals surface area contributed by atoms with Crippen LogP contribution in [0.1, 0.15) is 12.8 Å². The first-order valence-electron chi connectivity index (χ1n) is 5.00. The molecule has 0 spiro atoms. The summed E-state index contributed by atoms with van der Waals surface area (Å²) in [6.45, 7) is 0.